The molecular weight excluding hydrogens is 423 g/mol. The molecule has 0 fully saturated rings. The van der Waals surface area contributed by atoms with Gasteiger partial charge in [0.15, 0.2) is 11.9 Å². The lowest BCUT2D eigenvalue weighted by Gasteiger charge is -2.16. The molecule has 2 heterocycles. The van der Waals surface area contributed by atoms with E-state index < -0.39 is 30.2 Å². The highest BCUT2D eigenvalue weighted by atomic mass is 35.5. The van der Waals surface area contributed by atoms with Gasteiger partial charge in [-0.05, 0) is 29.8 Å². The molecule has 31 heavy (non-hydrogen) atoms. The predicted octanol–water partition coefficient (Wildman–Crippen LogP) is 3.71. The molecule has 2 aromatic carbocycles. The largest absolute Gasteiger partial charge is 0.481 e. The van der Waals surface area contributed by atoms with Crippen LogP contribution in [-0.4, -0.2) is 50.7 Å². The molecule has 0 bridgehead atoms. The topological polar surface area (TPSA) is 90.0 Å². The van der Waals surface area contributed by atoms with E-state index in [9.17, 15) is 19.1 Å². The van der Waals surface area contributed by atoms with Crippen LogP contribution >= 0.6 is 11.6 Å². The molecule has 0 amide bonds. The fraction of sp³-hybridized carbons (Fsp3) is 0.217. The standard InChI is InChI=1S/C23H18ClFN2O4/c1-12-21-13(11-27(12)19(23(30)31)9-20(28)29)10-26-22(16-4-2-3-5-18(16)25)17-8-14(24)6-7-15(17)21/h2-8,11,19,21H,9-10H2,1H3,(H-,28,29,30,31)/p+1. The highest BCUT2D eigenvalue weighted by molar-refractivity contribution is 6.31. The molecule has 2 aliphatic heterocycles. The number of nitrogens with zero attached hydrogens (tertiary/aromatic N) is 2. The minimum absolute atomic E-state index is 0.216. The van der Waals surface area contributed by atoms with Crippen LogP contribution in [0.2, 0.25) is 5.02 Å². The summed E-state index contributed by atoms with van der Waals surface area (Å²) in [6.45, 7) is 1.99. The molecule has 0 aromatic heterocycles. The van der Waals surface area contributed by atoms with Crippen molar-refractivity contribution in [1.29, 1.82) is 0 Å². The van der Waals surface area contributed by atoms with Gasteiger partial charge in [-0.1, -0.05) is 29.8 Å². The van der Waals surface area contributed by atoms with Crippen LogP contribution in [0.4, 0.5) is 4.39 Å². The molecule has 0 saturated carbocycles. The van der Waals surface area contributed by atoms with Crippen LogP contribution in [0, 0.1) is 5.82 Å². The van der Waals surface area contributed by atoms with E-state index in [1.54, 1.807) is 43.5 Å². The second-order valence-corrected chi connectivity index (χ2v) is 7.95. The van der Waals surface area contributed by atoms with E-state index in [4.69, 9.17) is 16.7 Å². The van der Waals surface area contributed by atoms with Crippen LogP contribution in [0.25, 0.3) is 0 Å². The summed E-state index contributed by atoms with van der Waals surface area (Å²) in [6.07, 6.45) is 1.12. The van der Waals surface area contributed by atoms with Crippen molar-refractivity contribution in [2.24, 2.45) is 4.99 Å². The second kappa shape index (κ2) is 8.07. The van der Waals surface area contributed by atoms with Crippen molar-refractivity contribution < 1.29 is 28.8 Å². The fourth-order valence-electron chi connectivity index (χ4n) is 4.26. The quantitative estimate of drug-likeness (QED) is 0.692. The molecule has 2 unspecified atom stereocenters. The maximum Gasteiger partial charge on any atom is 0.374 e. The Kier molecular flexibility index (Phi) is 5.45. The van der Waals surface area contributed by atoms with E-state index in [0.29, 0.717) is 27.6 Å². The van der Waals surface area contributed by atoms with Gasteiger partial charge in [-0.3, -0.25) is 9.79 Å². The molecule has 0 spiro atoms. The van der Waals surface area contributed by atoms with Crippen LogP contribution in [0.15, 0.2) is 59.2 Å². The number of carboxylic acids is 2. The van der Waals surface area contributed by atoms with Crippen LogP contribution in [0.1, 0.15) is 36.0 Å². The van der Waals surface area contributed by atoms with Crippen molar-refractivity contribution in [1.82, 2.24) is 0 Å². The van der Waals surface area contributed by atoms with Gasteiger partial charge in [0.05, 0.1) is 18.2 Å². The molecule has 8 heteroatoms. The van der Waals surface area contributed by atoms with Crippen molar-refractivity contribution in [3.05, 3.63) is 81.8 Å². The first-order valence-corrected chi connectivity index (χ1v) is 10.0. The summed E-state index contributed by atoms with van der Waals surface area (Å²) in [7, 11) is 0. The molecular formula is C23H19ClFN2O4+. The Morgan fingerprint density at radius 1 is 1.23 bits per heavy atom. The fourth-order valence-corrected chi connectivity index (χ4v) is 4.43. The van der Waals surface area contributed by atoms with Gasteiger partial charge in [-0.2, -0.15) is 4.58 Å². The number of fused-ring (bicyclic) bond motifs is 3. The Labute approximate surface area is 182 Å². The van der Waals surface area contributed by atoms with Crippen molar-refractivity contribution >= 4 is 35.0 Å². The molecule has 4 rings (SSSR count). The van der Waals surface area contributed by atoms with Crippen LogP contribution in [-0.2, 0) is 9.59 Å². The number of hydrogen-bond acceptors (Lipinski definition) is 3. The zero-order valence-corrected chi connectivity index (χ0v) is 17.3. The van der Waals surface area contributed by atoms with Gasteiger partial charge in [0.1, 0.15) is 12.2 Å². The molecule has 0 saturated heterocycles. The lowest BCUT2D eigenvalue weighted by molar-refractivity contribution is -0.486. The Balaban J connectivity index is 1.88. The summed E-state index contributed by atoms with van der Waals surface area (Å²) < 4.78 is 16.1. The van der Waals surface area contributed by atoms with Crippen molar-refractivity contribution in [3.8, 4) is 0 Å². The lowest BCUT2D eigenvalue weighted by atomic mass is 9.85. The van der Waals surface area contributed by atoms with Crippen LogP contribution in [0.5, 0.6) is 0 Å². The Morgan fingerprint density at radius 3 is 2.65 bits per heavy atom. The Bertz CT molecular complexity index is 1200. The van der Waals surface area contributed by atoms with Gasteiger partial charge >= 0.3 is 11.9 Å². The molecule has 2 atom stereocenters. The molecule has 2 aliphatic rings. The highest BCUT2D eigenvalue weighted by Gasteiger charge is 2.43. The summed E-state index contributed by atoms with van der Waals surface area (Å²) in [5.74, 6) is -3.13. The normalized spacial score (nSPS) is 18.5. The van der Waals surface area contributed by atoms with Gasteiger partial charge < -0.3 is 10.2 Å². The zero-order chi connectivity index (χ0) is 22.3. The maximum atomic E-state index is 14.6. The summed E-state index contributed by atoms with van der Waals surface area (Å²) in [5.41, 5.74) is 3.80. The van der Waals surface area contributed by atoms with Crippen LogP contribution in [0.3, 0.4) is 0 Å². The SMILES string of the molecule is CC1=[N+](C(CC(=O)O)C(=O)O)C=C2CN=C(c3ccccc3F)c3cc(Cl)ccc3C21. The molecule has 0 radical (unpaired) electrons. The Hall–Kier alpha value is -3.32. The number of halogens is 2. The van der Waals surface area contributed by atoms with E-state index in [1.165, 1.54) is 10.6 Å². The number of benzene rings is 2. The van der Waals surface area contributed by atoms with E-state index in [0.717, 1.165) is 11.1 Å². The van der Waals surface area contributed by atoms with Gasteiger partial charge in [0, 0.05) is 28.6 Å². The third-order valence-corrected chi connectivity index (χ3v) is 5.85. The van der Waals surface area contributed by atoms with Gasteiger partial charge in [-0.25, -0.2) is 9.18 Å². The van der Waals surface area contributed by atoms with Gasteiger partial charge in [-0.15, -0.1) is 0 Å². The molecule has 2 N–H and O–H groups in total. The third kappa shape index (κ3) is 3.77. The number of carbonyl (C=O) groups is 2. The first-order valence-electron chi connectivity index (χ1n) is 9.64. The van der Waals surface area contributed by atoms with Crippen molar-refractivity contribution in [2.45, 2.75) is 25.3 Å². The number of rotatable bonds is 5. The zero-order valence-electron chi connectivity index (χ0n) is 16.5. The summed E-state index contributed by atoms with van der Waals surface area (Å²) in [4.78, 5) is 27.7. The summed E-state index contributed by atoms with van der Waals surface area (Å²) in [6, 6.07) is 10.4. The smallest absolute Gasteiger partial charge is 0.374 e. The van der Waals surface area contributed by atoms with Crippen molar-refractivity contribution in [3.63, 3.8) is 0 Å². The molecule has 0 aliphatic carbocycles. The minimum Gasteiger partial charge on any atom is -0.481 e. The minimum atomic E-state index is -1.23. The maximum absolute atomic E-state index is 14.6. The number of hydrogen-bond donors (Lipinski definition) is 2. The van der Waals surface area contributed by atoms with Gasteiger partial charge in [0.2, 0.25) is 0 Å². The average molecular weight is 442 g/mol. The predicted molar refractivity (Wildman–Crippen MR) is 114 cm³/mol. The number of aliphatic carboxylic acids is 2. The van der Waals surface area contributed by atoms with Crippen molar-refractivity contribution in [2.75, 3.05) is 6.54 Å². The molecule has 2 aromatic rings. The second-order valence-electron chi connectivity index (χ2n) is 7.51. The Morgan fingerprint density at radius 2 is 1.97 bits per heavy atom. The average Bonchev–Trinajstić information content (AvgIpc) is 2.94. The van der Waals surface area contributed by atoms with Crippen LogP contribution < -0.4 is 0 Å². The van der Waals surface area contributed by atoms with E-state index in [-0.39, 0.29) is 12.5 Å². The summed E-state index contributed by atoms with van der Waals surface area (Å²) in [5, 5.41) is 19.2. The summed E-state index contributed by atoms with van der Waals surface area (Å²) >= 11 is 6.26. The molecule has 158 valence electrons. The van der Waals surface area contributed by atoms with E-state index >= 15 is 0 Å². The number of aliphatic imine (C=N–C) groups is 1. The first kappa shape index (κ1) is 20.9. The molecule has 6 nitrogen and oxygen atoms in total. The van der Waals surface area contributed by atoms with E-state index in [1.807, 2.05) is 6.07 Å². The van der Waals surface area contributed by atoms with E-state index in [2.05, 4.69) is 4.99 Å². The lowest BCUT2D eigenvalue weighted by Crippen LogP contribution is -2.35. The number of carboxylic acid groups (broad SMARTS) is 2. The van der Waals surface area contributed by atoms with Gasteiger partial charge in [0.25, 0.3) is 6.04 Å². The monoisotopic (exact) mass is 441 g/mol. The third-order valence-electron chi connectivity index (χ3n) is 5.62. The highest BCUT2D eigenvalue weighted by Crippen LogP contribution is 2.38. The first-order chi connectivity index (χ1) is 14.8.